The Morgan fingerprint density at radius 2 is 1.54 bits per heavy atom. The van der Waals surface area contributed by atoms with Gasteiger partial charge in [0, 0.05) is 38.0 Å². The fourth-order valence-electron chi connectivity index (χ4n) is 6.64. The number of aliphatic hydroxyl groups excluding tert-OH is 1. The van der Waals surface area contributed by atoms with Crippen molar-refractivity contribution in [2.45, 2.75) is 64.8 Å². The fourth-order valence-corrected chi connectivity index (χ4v) is 6.64. The van der Waals surface area contributed by atoms with Crippen LogP contribution in [0, 0.1) is 5.92 Å². The largest absolute Gasteiger partial charge is 0.490 e. The van der Waals surface area contributed by atoms with E-state index in [4.69, 9.17) is 38.6 Å². The van der Waals surface area contributed by atoms with Gasteiger partial charge in [0.1, 0.15) is 41.4 Å². The normalized spacial score (nSPS) is 13.2. The number of aryl methyl sites for hydroxylation is 1. The number of anilines is 1. The first-order valence-electron chi connectivity index (χ1n) is 22.7. The molecule has 0 bridgehead atoms. The van der Waals surface area contributed by atoms with Crippen LogP contribution < -0.4 is 32.0 Å². The molecule has 20 heteroatoms. The number of aliphatic hydroxyl groups is 1. The lowest BCUT2D eigenvalue weighted by Crippen LogP contribution is -2.54. The molecular weight excluding hydrogens is 881 g/mol. The van der Waals surface area contributed by atoms with E-state index in [1.807, 2.05) is 52.0 Å². The van der Waals surface area contributed by atoms with Crippen molar-refractivity contribution >= 4 is 34.5 Å². The molecule has 0 aliphatic carbocycles. The van der Waals surface area contributed by atoms with Gasteiger partial charge in [-0.25, -0.2) is 14.6 Å². The summed E-state index contributed by atoms with van der Waals surface area (Å²) in [5.74, 6) is -0.624. The van der Waals surface area contributed by atoms with Crippen molar-refractivity contribution in [2.24, 2.45) is 18.7 Å². The second-order valence-corrected chi connectivity index (χ2v) is 16.1. The maximum Gasteiger partial charge on any atom is 0.274 e. The van der Waals surface area contributed by atoms with Crippen LogP contribution in [0.1, 0.15) is 61.8 Å². The van der Waals surface area contributed by atoms with Gasteiger partial charge in [-0.05, 0) is 80.1 Å². The molecule has 4 atom stereocenters. The molecule has 5 aromatic rings. The summed E-state index contributed by atoms with van der Waals surface area (Å²) < 4.78 is 40.5. The number of benzene rings is 2. The van der Waals surface area contributed by atoms with E-state index in [1.54, 1.807) is 37.4 Å². The monoisotopic (exact) mass is 944 g/mol. The summed E-state index contributed by atoms with van der Waals surface area (Å²) in [5.41, 5.74) is 9.87. The van der Waals surface area contributed by atoms with Crippen LogP contribution in [0.2, 0.25) is 0 Å². The third-order valence-corrected chi connectivity index (χ3v) is 10.3. The molecule has 0 spiro atoms. The number of oxazole rings is 1. The molecule has 368 valence electrons. The van der Waals surface area contributed by atoms with Gasteiger partial charge in [-0.1, -0.05) is 38.1 Å². The Kier molecular flexibility index (Phi) is 21.5. The second kappa shape index (κ2) is 27.6. The number of aromatic nitrogens is 4. The second-order valence-electron chi connectivity index (χ2n) is 16.1. The highest BCUT2D eigenvalue weighted by molar-refractivity contribution is 6.03. The van der Waals surface area contributed by atoms with Gasteiger partial charge in [-0.3, -0.25) is 19.2 Å². The quantitative estimate of drug-likeness (QED) is 0.0414. The molecule has 3 aromatic heterocycles. The number of nitrogens with one attached hydrogen (secondary N) is 3. The summed E-state index contributed by atoms with van der Waals surface area (Å²) in [6.07, 6.45) is 0.374. The van der Waals surface area contributed by atoms with E-state index in [0.717, 1.165) is 11.1 Å². The van der Waals surface area contributed by atoms with Crippen molar-refractivity contribution in [1.29, 1.82) is 0 Å². The Labute approximate surface area is 395 Å². The summed E-state index contributed by atoms with van der Waals surface area (Å²) >= 11 is 0. The number of amides is 3. The smallest absolute Gasteiger partial charge is 0.274 e. The van der Waals surface area contributed by atoms with Gasteiger partial charge in [-0.15, -0.1) is 0 Å². The summed E-state index contributed by atoms with van der Waals surface area (Å²) in [7, 11) is 1.54. The zero-order valence-corrected chi connectivity index (χ0v) is 39.3. The Morgan fingerprint density at radius 1 is 0.838 bits per heavy atom. The SMILES string of the molecule is CCOCCOCCNC(=O)[C@H](CC(C)C)NC(=O)[C@@H](O)[C@H](N)Cc1ccc(C(C)OCCOCCOCCOc2ccc(C(=O)Nc3ccc4oc(-c5ccc(=O)n(C)n5)nc4c3)nc2)cc1. The Hall–Kier alpha value is -6.13. The summed E-state index contributed by atoms with van der Waals surface area (Å²) in [6, 6.07) is 17.0. The van der Waals surface area contributed by atoms with E-state index < -0.39 is 30.0 Å². The minimum absolute atomic E-state index is 0.118. The molecular formula is C48H64N8O12. The van der Waals surface area contributed by atoms with Crippen molar-refractivity contribution in [3.63, 3.8) is 0 Å². The lowest BCUT2D eigenvalue weighted by atomic mass is 9.98. The summed E-state index contributed by atoms with van der Waals surface area (Å²) in [4.78, 5) is 59.0. The molecule has 6 N–H and O–H groups in total. The van der Waals surface area contributed by atoms with Gasteiger partial charge >= 0.3 is 0 Å². The van der Waals surface area contributed by atoms with Gasteiger partial charge in [0.05, 0.1) is 65.2 Å². The van der Waals surface area contributed by atoms with E-state index >= 15 is 0 Å². The van der Waals surface area contributed by atoms with Gasteiger partial charge < -0.3 is 59.6 Å². The Bertz CT molecular complexity index is 2390. The van der Waals surface area contributed by atoms with Gasteiger partial charge in [0.25, 0.3) is 17.4 Å². The first-order valence-corrected chi connectivity index (χ1v) is 22.7. The van der Waals surface area contributed by atoms with E-state index in [9.17, 15) is 24.3 Å². The topological polar surface area (TPSA) is 263 Å². The van der Waals surface area contributed by atoms with Crippen molar-refractivity contribution in [2.75, 3.05) is 77.9 Å². The van der Waals surface area contributed by atoms with Crippen LogP contribution in [0.5, 0.6) is 5.75 Å². The minimum Gasteiger partial charge on any atom is -0.490 e. The standard InChI is InChI=1S/C48H64N8O12/c1-6-62-19-20-63-18-17-50-45(59)41(27-31(2)3)53-47(61)44(58)37(49)28-33-7-9-34(10-8-33)32(4)66-25-23-64-21-22-65-24-26-67-36-12-13-38(51-30-36)46(60)52-35-11-15-42-40(29-35)54-48(68-42)39-14-16-43(57)56(5)55-39/h7-16,29-32,37,41,44,58H,6,17-28,49H2,1-5H3,(H,50,59)(H,52,60)(H,53,61)/t32?,37-,41+,44+/m1/s1. The van der Waals surface area contributed by atoms with Crippen LogP contribution in [-0.2, 0) is 46.7 Å². The number of carbonyl (C=O) groups excluding carboxylic acids is 3. The van der Waals surface area contributed by atoms with Crippen molar-refractivity contribution in [3.05, 3.63) is 100 Å². The number of nitrogens with two attached hydrogens (primary N) is 1. The van der Waals surface area contributed by atoms with Crippen LogP contribution in [0.3, 0.4) is 0 Å². The summed E-state index contributed by atoms with van der Waals surface area (Å²) in [5, 5.41) is 23.2. The fraction of sp³-hybridized carbons (Fsp3) is 0.479. The number of nitrogens with zero attached hydrogens (tertiary/aromatic N) is 4. The van der Waals surface area contributed by atoms with Crippen LogP contribution in [0.15, 0.2) is 82.1 Å². The third-order valence-electron chi connectivity index (χ3n) is 10.3. The third kappa shape index (κ3) is 17.2. The number of hydrogen-bond donors (Lipinski definition) is 5. The summed E-state index contributed by atoms with van der Waals surface area (Å²) in [6.45, 7) is 11.9. The molecule has 2 aromatic carbocycles. The molecule has 1 unspecified atom stereocenters. The molecule has 5 rings (SSSR count). The molecule has 68 heavy (non-hydrogen) atoms. The molecule has 0 saturated heterocycles. The van der Waals surface area contributed by atoms with Crippen molar-refractivity contribution in [1.82, 2.24) is 30.4 Å². The number of pyridine rings is 1. The zero-order chi connectivity index (χ0) is 48.8. The zero-order valence-electron chi connectivity index (χ0n) is 39.3. The Balaban J connectivity index is 0.909. The lowest BCUT2D eigenvalue weighted by Gasteiger charge is -2.24. The van der Waals surface area contributed by atoms with Gasteiger partial charge in [0.2, 0.25) is 11.8 Å². The van der Waals surface area contributed by atoms with Crippen LogP contribution >= 0.6 is 0 Å². The number of ether oxygens (including phenoxy) is 6. The van der Waals surface area contributed by atoms with E-state index in [-0.39, 0.29) is 54.6 Å². The van der Waals surface area contributed by atoms with E-state index in [1.165, 1.54) is 23.0 Å². The van der Waals surface area contributed by atoms with Crippen LogP contribution in [0.25, 0.3) is 22.7 Å². The predicted octanol–water partition coefficient (Wildman–Crippen LogP) is 3.36. The van der Waals surface area contributed by atoms with Crippen LogP contribution in [0.4, 0.5) is 5.69 Å². The molecule has 0 radical (unpaired) electrons. The molecule has 0 fully saturated rings. The maximum absolute atomic E-state index is 13.0. The van der Waals surface area contributed by atoms with Gasteiger partial charge in [0.15, 0.2) is 5.58 Å². The molecule has 20 nitrogen and oxygen atoms in total. The van der Waals surface area contributed by atoms with Crippen molar-refractivity contribution < 1.29 is 52.3 Å². The Morgan fingerprint density at radius 3 is 2.24 bits per heavy atom. The van der Waals surface area contributed by atoms with E-state index in [0.29, 0.717) is 94.1 Å². The molecule has 3 amide bonds. The highest BCUT2D eigenvalue weighted by Crippen LogP contribution is 2.25. The van der Waals surface area contributed by atoms with E-state index in [2.05, 4.69) is 31.0 Å². The highest BCUT2D eigenvalue weighted by Gasteiger charge is 2.29. The predicted molar refractivity (Wildman–Crippen MR) is 252 cm³/mol. The average Bonchev–Trinajstić information content (AvgIpc) is 3.76. The lowest BCUT2D eigenvalue weighted by molar-refractivity contribution is -0.135. The first kappa shape index (κ1) is 52.8. The number of hydrogen-bond acceptors (Lipinski definition) is 16. The van der Waals surface area contributed by atoms with Gasteiger partial charge in [-0.2, -0.15) is 5.10 Å². The van der Waals surface area contributed by atoms with Crippen LogP contribution in [-0.4, -0.2) is 133 Å². The van der Waals surface area contributed by atoms with Crippen molar-refractivity contribution in [3.8, 4) is 17.3 Å². The molecule has 0 aliphatic heterocycles. The maximum atomic E-state index is 13.0. The minimum atomic E-state index is -1.52. The number of fused-ring (bicyclic) bond motifs is 1. The number of rotatable bonds is 30. The average molecular weight is 945 g/mol. The highest BCUT2D eigenvalue weighted by atomic mass is 16.6. The molecule has 0 saturated carbocycles. The first-order chi connectivity index (χ1) is 32.8. The number of carbonyl (C=O) groups is 3. The molecule has 3 heterocycles. The molecule has 0 aliphatic rings.